The monoisotopic (exact) mass is 282 g/mol. The molecule has 3 rings (SSSR count). The molecular weight excluding hydrogens is 268 g/mol. The van der Waals surface area contributed by atoms with Gasteiger partial charge < -0.3 is 10.3 Å². The van der Waals surface area contributed by atoms with E-state index in [-0.39, 0.29) is 11.3 Å². The van der Waals surface area contributed by atoms with Crippen LogP contribution in [0.5, 0.6) is 0 Å². The molecule has 1 amide bonds. The quantitative estimate of drug-likeness (QED) is 0.672. The predicted octanol–water partition coefficient (Wildman–Crippen LogP) is 2.12. The van der Waals surface area contributed by atoms with E-state index in [9.17, 15) is 9.59 Å². The fraction of sp³-hybridized carbons (Fsp3) is 0.133. The van der Waals surface area contributed by atoms with E-state index in [1.807, 2.05) is 19.9 Å². The van der Waals surface area contributed by atoms with Crippen molar-refractivity contribution in [2.24, 2.45) is 0 Å². The lowest BCUT2D eigenvalue weighted by atomic mass is 10.1. The molecule has 0 aliphatic carbocycles. The van der Waals surface area contributed by atoms with E-state index in [0.29, 0.717) is 11.2 Å². The number of fused-ring (bicyclic) bond motifs is 1. The van der Waals surface area contributed by atoms with E-state index in [1.54, 1.807) is 24.3 Å². The van der Waals surface area contributed by atoms with Crippen molar-refractivity contribution in [1.82, 2.24) is 15.2 Å². The number of aryl methyl sites for hydroxylation is 1. The van der Waals surface area contributed by atoms with Crippen molar-refractivity contribution in [1.29, 1.82) is 0 Å². The van der Waals surface area contributed by atoms with Crippen molar-refractivity contribution in [3.05, 3.63) is 57.6 Å². The third-order valence-corrected chi connectivity index (χ3v) is 3.48. The molecule has 6 heteroatoms. The predicted molar refractivity (Wildman–Crippen MR) is 80.6 cm³/mol. The maximum absolute atomic E-state index is 12.2. The maximum atomic E-state index is 12.2. The zero-order chi connectivity index (χ0) is 15.0. The summed E-state index contributed by atoms with van der Waals surface area (Å²) in [7, 11) is 0. The van der Waals surface area contributed by atoms with Crippen molar-refractivity contribution in [3.63, 3.8) is 0 Å². The van der Waals surface area contributed by atoms with Crippen LogP contribution in [-0.2, 0) is 0 Å². The Morgan fingerprint density at radius 2 is 2.00 bits per heavy atom. The van der Waals surface area contributed by atoms with Gasteiger partial charge in [-0.2, -0.15) is 5.10 Å². The number of amides is 1. The largest absolute Gasteiger partial charge is 0.317 e. The van der Waals surface area contributed by atoms with Gasteiger partial charge in [-0.15, -0.1) is 0 Å². The van der Waals surface area contributed by atoms with Crippen molar-refractivity contribution < 1.29 is 4.79 Å². The molecule has 2 aromatic heterocycles. The zero-order valence-electron chi connectivity index (χ0n) is 11.7. The van der Waals surface area contributed by atoms with Crippen LogP contribution in [0.25, 0.3) is 10.8 Å². The Balaban J connectivity index is 1.98. The fourth-order valence-electron chi connectivity index (χ4n) is 2.11. The van der Waals surface area contributed by atoms with E-state index in [4.69, 9.17) is 0 Å². The van der Waals surface area contributed by atoms with Gasteiger partial charge >= 0.3 is 0 Å². The number of aromatic amines is 2. The summed E-state index contributed by atoms with van der Waals surface area (Å²) >= 11 is 0. The van der Waals surface area contributed by atoms with Gasteiger partial charge in [0.1, 0.15) is 5.69 Å². The fourth-order valence-corrected chi connectivity index (χ4v) is 2.11. The van der Waals surface area contributed by atoms with Crippen molar-refractivity contribution in [3.8, 4) is 0 Å². The Morgan fingerprint density at radius 3 is 2.71 bits per heavy atom. The third-order valence-electron chi connectivity index (χ3n) is 3.48. The molecule has 2 heterocycles. The van der Waals surface area contributed by atoms with Crippen LogP contribution >= 0.6 is 0 Å². The minimum Gasteiger partial charge on any atom is -0.317 e. The Hall–Kier alpha value is -2.89. The Kier molecular flexibility index (Phi) is 3.06. The first-order chi connectivity index (χ1) is 10.1. The summed E-state index contributed by atoms with van der Waals surface area (Å²) < 4.78 is 0. The van der Waals surface area contributed by atoms with Crippen LogP contribution in [-0.4, -0.2) is 21.1 Å². The van der Waals surface area contributed by atoms with Gasteiger partial charge in [-0.1, -0.05) is 18.2 Å². The molecule has 1 aromatic carbocycles. The summed E-state index contributed by atoms with van der Waals surface area (Å²) in [5, 5.41) is 10.8. The van der Waals surface area contributed by atoms with Crippen LogP contribution in [0.1, 0.15) is 21.7 Å². The molecule has 3 aromatic rings. The standard InChI is InChI=1S/C15H14N4O2/c1-8-9(2)18-19-13(8)17-15(21)12-7-10-5-3-4-6-11(10)14(20)16-12/h3-7H,1-2H3,(H,16,20)(H2,17,18,19,21). The molecule has 0 aliphatic rings. The van der Waals surface area contributed by atoms with Gasteiger partial charge in [-0.3, -0.25) is 14.7 Å². The van der Waals surface area contributed by atoms with Gasteiger partial charge in [-0.05, 0) is 31.4 Å². The van der Waals surface area contributed by atoms with Gasteiger partial charge in [0, 0.05) is 16.6 Å². The lowest BCUT2D eigenvalue weighted by Gasteiger charge is -2.04. The van der Waals surface area contributed by atoms with Crippen molar-refractivity contribution >= 4 is 22.5 Å². The highest BCUT2D eigenvalue weighted by atomic mass is 16.2. The van der Waals surface area contributed by atoms with Gasteiger partial charge in [0.25, 0.3) is 11.5 Å². The normalized spacial score (nSPS) is 10.8. The minimum absolute atomic E-state index is 0.207. The smallest absolute Gasteiger partial charge is 0.273 e. The zero-order valence-corrected chi connectivity index (χ0v) is 11.7. The first kappa shape index (κ1) is 13.1. The van der Waals surface area contributed by atoms with E-state index in [2.05, 4.69) is 20.5 Å². The number of hydrogen-bond donors (Lipinski definition) is 3. The van der Waals surface area contributed by atoms with Gasteiger partial charge in [0.05, 0.1) is 0 Å². The molecule has 3 N–H and O–H groups in total. The maximum Gasteiger partial charge on any atom is 0.273 e. The van der Waals surface area contributed by atoms with E-state index in [0.717, 1.165) is 16.6 Å². The summed E-state index contributed by atoms with van der Waals surface area (Å²) in [6.07, 6.45) is 0. The highest BCUT2D eigenvalue weighted by Crippen LogP contribution is 2.15. The number of aromatic nitrogens is 3. The molecule has 0 radical (unpaired) electrons. The lowest BCUT2D eigenvalue weighted by Crippen LogP contribution is -2.19. The molecule has 106 valence electrons. The van der Waals surface area contributed by atoms with Crippen LogP contribution in [0.2, 0.25) is 0 Å². The highest BCUT2D eigenvalue weighted by molar-refractivity contribution is 6.04. The number of hydrogen-bond acceptors (Lipinski definition) is 3. The molecule has 0 fully saturated rings. The number of benzene rings is 1. The van der Waals surface area contributed by atoms with Crippen LogP contribution in [0.15, 0.2) is 35.1 Å². The van der Waals surface area contributed by atoms with Crippen LogP contribution in [0, 0.1) is 13.8 Å². The molecule has 0 unspecified atom stereocenters. The Bertz CT molecular complexity index is 892. The van der Waals surface area contributed by atoms with Gasteiger partial charge in [-0.25, -0.2) is 0 Å². The number of H-pyrrole nitrogens is 2. The number of anilines is 1. The van der Waals surface area contributed by atoms with Crippen LogP contribution < -0.4 is 10.9 Å². The summed E-state index contributed by atoms with van der Waals surface area (Å²) in [4.78, 5) is 26.8. The number of nitrogens with zero attached hydrogens (tertiary/aromatic N) is 1. The van der Waals surface area contributed by atoms with Crippen molar-refractivity contribution in [2.45, 2.75) is 13.8 Å². The second-order valence-corrected chi connectivity index (χ2v) is 4.88. The molecular formula is C15H14N4O2. The van der Waals surface area contributed by atoms with E-state index in [1.165, 1.54) is 0 Å². The van der Waals surface area contributed by atoms with E-state index < -0.39 is 5.91 Å². The van der Waals surface area contributed by atoms with Gasteiger partial charge in [0.15, 0.2) is 5.82 Å². The third kappa shape index (κ3) is 2.31. The Labute approximate surface area is 120 Å². The highest BCUT2D eigenvalue weighted by Gasteiger charge is 2.13. The summed E-state index contributed by atoms with van der Waals surface area (Å²) in [6.45, 7) is 3.73. The SMILES string of the molecule is Cc1[nH]nc(NC(=O)c2cc3ccccc3c(=O)[nH]2)c1C. The average molecular weight is 282 g/mol. The number of carbonyl (C=O) groups excluding carboxylic acids is 1. The molecule has 0 bridgehead atoms. The summed E-state index contributed by atoms with van der Waals surface area (Å²) in [5.74, 6) is 0.0685. The molecule has 0 atom stereocenters. The molecule has 0 spiro atoms. The average Bonchev–Trinajstić information content (AvgIpc) is 2.79. The van der Waals surface area contributed by atoms with Crippen LogP contribution in [0.4, 0.5) is 5.82 Å². The minimum atomic E-state index is -0.396. The lowest BCUT2D eigenvalue weighted by molar-refractivity contribution is 0.102. The molecule has 6 nitrogen and oxygen atoms in total. The second kappa shape index (κ2) is 4.90. The van der Waals surface area contributed by atoms with Gasteiger partial charge in [0.2, 0.25) is 0 Å². The van der Waals surface area contributed by atoms with Crippen LogP contribution in [0.3, 0.4) is 0 Å². The molecule has 0 saturated heterocycles. The Morgan fingerprint density at radius 1 is 1.24 bits per heavy atom. The number of carbonyl (C=O) groups is 1. The summed E-state index contributed by atoms with van der Waals surface area (Å²) in [6, 6.07) is 8.78. The number of pyridine rings is 1. The first-order valence-electron chi connectivity index (χ1n) is 6.51. The molecule has 0 saturated carbocycles. The summed E-state index contributed by atoms with van der Waals surface area (Å²) in [5.41, 5.74) is 1.68. The first-order valence-corrected chi connectivity index (χ1v) is 6.51. The molecule has 0 aliphatic heterocycles. The number of nitrogens with one attached hydrogen (secondary N) is 3. The van der Waals surface area contributed by atoms with E-state index >= 15 is 0 Å². The second-order valence-electron chi connectivity index (χ2n) is 4.88. The molecule has 21 heavy (non-hydrogen) atoms. The topological polar surface area (TPSA) is 90.6 Å². The van der Waals surface area contributed by atoms with Crippen molar-refractivity contribution in [2.75, 3.05) is 5.32 Å². The number of rotatable bonds is 2.